The zero-order valence-electron chi connectivity index (χ0n) is 24.2. The highest BCUT2D eigenvalue weighted by atomic mass is 32.2. The van der Waals surface area contributed by atoms with Gasteiger partial charge in [-0.25, -0.2) is 0 Å². The van der Waals surface area contributed by atoms with Crippen molar-refractivity contribution < 1.29 is 17.0 Å². The minimum absolute atomic E-state index is 0.00836. The van der Waals surface area contributed by atoms with E-state index in [1.165, 1.54) is 10.4 Å². The van der Waals surface area contributed by atoms with Crippen LogP contribution in [0.5, 0.6) is 0 Å². The van der Waals surface area contributed by atoms with Gasteiger partial charge in [-0.05, 0) is 48.4 Å². The summed E-state index contributed by atoms with van der Waals surface area (Å²) in [5.74, 6) is -0.00836. The van der Waals surface area contributed by atoms with E-state index >= 15 is 0 Å². The van der Waals surface area contributed by atoms with Crippen molar-refractivity contribution in [3.05, 3.63) is 60.7 Å². The van der Waals surface area contributed by atoms with Crippen molar-refractivity contribution >= 4 is 28.8 Å². The molecule has 0 N–H and O–H groups in total. The second-order valence-electron chi connectivity index (χ2n) is 12.1. The molecule has 37 heavy (non-hydrogen) atoms. The summed E-state index contributed by atoms with van der Waals surface area (Å²) in [7, 11) is -0.267. The fourth-order valence-electron chi connectivity index (χ4n) is 4.37. The van der Waals surface area contributed by atoms with Gasteiger partial charge in [0.15, 0.2) is 0 Å². The summed E-state index contributed by atoms with van der Waals surface area (Å²) in [6.07, 6.45) is 0.690. The van der Waals surface area contributed by atoms with E-state index < -0.39 is 18.4 Å². The Morgan fingerprint density at radius 2 is 1.30 bits per heavy atom. The number of rotatable bonds is 15. The van der Waals surface area contributed by atoms with E-state index in [0.29, 0.717) is 19.6 Å². The first-order valence-electron chi connectivity index (χ1n) is 13.1. The van der Waals surface area contributed by atoms with Crippen molar-refractivity contribution in [2.24, 2.45) is 5.41 Å². The van der Waals surface area contributed by atoms with Crippen LogP contribution in [0.4, 0.5) is 0 Å². The lowest BCUT2D eigenvalue weighted by atomic mass is 9.91. The average Bonchev–Trinajstić information content (AvgIpc) is 2.83. The molecule has 0 saturated carbocycles. The van der Waals surface area contributed by atoms with Crippen LogP contribution in [0.25, 0.3) is 0 Å². The fraction of sp³-hybridized carbons (Fsp3) is 0.586. The van der Waals surface area contributed by atoms with Crippen molar-refractivity contribution in [2.45, 2.75) is 46.1 Å². The quantitative estimate of drug-likeness (QED) is 0.249. The molecule has 0 fully saturated rings. The minimum atomic E-state index is -3.60. The van der Waals surface area contributed by atoms with Crippen LogP contribution in [-0.4, -0.2) is 86.3 Å². The topological polar surface area (TPSA) is 59.1 Å². The third-order valence-corrected chi connectivity index (χ3v) is 13.0. The molecule has 0 unspecified atom stereocenters. The maximum Gasteiger partial charge on any atom is 0.268 e. The maximum atomic E-state index is 12.6. The van der Waals surface area contributed by atoms with Gasteiger partial charge in [-0.15, -0.1) is 0 Å². The molecule has 0 saturated heterocycles. The van der Waals surface area contributed by atoms with Crippen LogP contribution in [0.3, 0.4) is 0 Å². The molecule has 0 radical (unpaired) electrons. The average molecular weight is 549 g/mol. The number of hydrogen-bond donors (Lipinski definition) is 0. The molecule has 0 heterocycles. The molecule has 0 bridgehead atoms. The Kier molecular flexibility index (Phi) is 11.5. The third-order valence-electron chi connectivity index (χ3n) is 6.80. The summed E-state index contributed by atoms with van der Waals surface area (Å²) in [6.45, 7) is 13.7. The van der Waals surface area contributed by atoms with E-state index in [4.69, 9.17) is 8.61 Å². The van der Waals surface area contributed by atoms with E-state index in [0.717, 1.165) is 13.1 Å². The Labute approximate surface area is 227 Å². The highest BCUT2D eigenvalue weighted by molar-refractivity contribution is 7.86. The summed E-state index contributed by atoms with van der Waals surface area (Å²) in [4.78, 5) is 4.10. The predicted molar refractivity (Wildman–Crippen MR) is 158 cm³/mol. The first-order chi connectivity index (χ1) is 17.2. The molecule has 2 aromatic rings. The number of likely N-dealkylation sites (N-methyl/N-ethyl adjacent to an activating group) is 2. The zero-order chi connectivity index (χ0) is 27.7. The Balaban J connectivity index is 2.07. The summed E-state index contributed by atoms with van der Waals surface area (Å²) in [5, 5.41) is 2.38. The SMILES string of the molecule is CN(C)CCN(C)CCS(=O)(=O)OCC(C)(C)CCO[Si](c1ccccc1)(c1ccccc1)C(C)(C)C. The number of hydrogen-bond acceptors (Lipinski definition) is 6. The van der Waals surface area contributed by atoms with E-state index in [2.05, 4.69) is 74.2 Å². The van der Waals surface area contributed by atoms with E-state index in [1.54, 1.807) is 0 Å². The molecule has 0 spiro atoms. The summed E-state index contributed by atoms with van der Waals surface area (Å²) < 4.78 is 37.6. The molecule has 2 aromatic carbocycles. The largest absolute Gasteiger partial charge is 0.407 e. The van der Waals surface area contributed by atoms with E-state index in [9.17, 15) is 8.42 Å². The summed E-state index contributed by atoms with van der Waals surface area (Å²) in [5.41, 5.74) is -0.352. The van der Waals surface area contributed by atoms with Gasteiger partial charge in [-0.2, -0.15) is 8.42 Å². The second-order valence-corrected chi connectivity index (χ2v) is 18.1. The zero-order valence-corrected chi connectivity index (χ0v) is 26.0. The van der Waals surface area contributed by atoms with Crippen LogP contribution >= 0.6 is 0 Å². The van der Waals surface area contributed by atoms with Crippen LogP contribution in [0.1, 0.15) is 41.0 Å². The van der Waals surface area contributed by atoms with Crippen molar-refractivity contribution in [3.63, 3.8) is 0 Å². The molecule has 0 amide bonds. The predicted octanol–water partition coefficient (Wildman–Crippen LogP) is 3.82. The monoisotopic (exact) mass is 548 g/mol. The molecule has 0 aliphatic carbocycles. The van der Waals surface area contributed by atoms with Crippen LogP contribution < -0.4 is 10.4 Å². The lowest BCUT2D eigenvalue weighted by Crippen LogP contribution is -2.66. The Morgan fingerprint density at radius 1 is 0.784 bits per heavy atom. The minimum Gasteiger partial charge on any atom is -0.407 e. The van der Waals surface area contributed by atoms with Gasteiger partial charge in [0, 0.05) is 26.2 Å². The van der Waals surface area contributed by atoms with Crippen molar-refractivity contribution in [2.75, 3.05) is 59.7 Å². The van der Waals surface area contributed by atoms with Crippen molar-refractivity contribution in [3.8, 4) is 0 Å². The maximum absolute atomic E-state index is 12.6. The van der Waals surface area contributed by atoms with Gasteiger partial charge in [0.1, 0.15) is 0 Å². The van der Waals surface area contributed by atoms with Crippen molar-refractivity contribution in [1.82, 2.24) is 9.80 Å². The lowest BCUT2D eigenvalue weighted by Gasteiger charge is -2.43. The number of nitrogens with zero attached hydrogens (tertiary/aromatic N) is 2. The molecule has 2 rings (SSSR count). The van der Waals surface area contributed by atoms with Crippen LogP contribution in [0.15, 0.2) is 60.7 Å². The molecule has 0 aromatic heterocycles. The van der Waals surface area contributed by atoms with Crippen LogP contribution in [-0.2, 0) is 18.7 Å². The lowest BCUT2D eigenvalue weighted by molar-refractivity contribution is 0.144. The third kappa shape index (κ3) is 9.60. The number of benzene rings is 2. The van der Waals surface area contributed by atoms with Gasteiger partial charge in [0.25, 0.3) is 18.4 Å². The summed E-state index contributed by atoms with van der Waals surface area (Å²) in [6, 6.07) is 21.1. The Morgan fingerprint density at radius 3 is 1.76 bits per heavy atom. The fourth-order valence-corrected chi connectivity index (χ4v) is 10.1. The smallest absolute Gasteiger partial charge is 0.268 e. The summed E-state index contributed by atoms with van der Waals surface area (Å²) >= 11 is 0. The molecule has 8 heteroatoms. The normalized spacial score (nSPS) is 13.5. The highest BCUT2D eigenvalue weighted by Gasteiger charge is 2.50. The second kappa shape index (κ2) is 13.5. The Hall–Kier alpha value is -1.55. The van der Waals surface area contributed by atoms with Crippen LogP contribution in [0, 0.1) is 5.41 Å². The Bertz CT molecular complexity index is 999. The molecule has 0 aliphatic heterocycles. The first kappa shape index (κ1) is 31.7. The molecular formula is C29H48N2O4SSi. The van der Waals surface area contributed by atoms with Crippen LogP contribution in [0.2, 0.25) is 5.04 Å². The van der Waals surface area contributed by atoms with Gasteiger partial charge in [0.05, 0.1) is 12.4 Å². The standard InChI is InChI=1S/C29H48N2O4SSi/c1-28(2,3)37(26-15-11-9-12-16-26,27-17-13-10-14-18-27)35-23-19-29(4,5)25-34-36(32,33)24-22-31(8)21-20-30(6)7/h9-18H,19-25H2,1-8H3. The molecule has 0 atom stereocenters. The van der Waals surface area contributed by atoms with E-state index in [-0.39, 0.29) is 22.8 Å². The van der Waals surface area contributed by atoms with Crippen molar-refractivity contribution in [1.29, 1.82) is 0 Å². The van der Waals surface area contributed by atoms with Gasteiger partial charge in [-0.3, -0.25) is 4.18 Å². The van der Waals surface area contributed by atoms with Gasteiger partial charge in [-0.1, -0.05) is 95.3 Å². The molecule has 208 valence electrons. The molecule has 6 nitrogen and oxygen atoms in total. The molecule has 0 aliphatic rings. The van der Waals surface area contributed by atoms with Gasteiger partial charge in [0.2, 0.25) is 0 Å². The first-order valence-corrected chi connectivity index (χ1v) is 16.6. The highest BCUT2D eigenvalue weighted by Crippen LogP contribution is 2.37. The van der Waals surface area contributed by atoms with Gasteiger partial charge < -0.3 is 14.2 Å². The van der Waals surface area contributed by atoms with Gasteiger partial charge >= 0.3 is 0 Å². The van der Waals surface area contributed by atoms with E-state index in [1.807, 2.05) is 52.0 Å². The molecular weight excluding hydrogens is 500 g/mol.